The summed E-state index contributed by atoms with van der Waals surface area (Å²) >= 11 is 0. The highest BCUT2D eigenvalue weighted by atomic mass is 16.5. The molecule has 1 aromatic heterocycles. The summed E-state index contributed by atoms with van der Waals surface area (Å²) in [5.74, 6) is 2.82. The Kier molecular flexibility index (Phi) is 6.90. The lowest BCUT2D eigenvalue weighted by Gasteiger charge is -2.14. The summed E-state index contributed by atoms with van der Waals surface area (Å²) in [5, 5.41) is 7.66. The van der Waals surface area contributed by atoms with Crippen LogP contribution >= 0.6 is 0 Å². The zero-order valence-electron chi connectivity index (χ0n) is 15.1. The number of rotatable bonds is 10. The van der Waals surface area contributed by atoms with Crippen molar-refractivity contribution in [2.75, 3.05) is 37.9 Å². The van der Waals surface area contributed by atoms with Crippen molar-refractivity contribution >= 4 is 22.7 Å². The second-order valence-electron chi connectivity index (χ2n) is 5.68. The first-order valence-electron chi connectivity index (χ1n) is 8.65. The Morgan fingerprint density at radius 2 is 1.50 bits per heavy atom. The summed E-state index contributed by atoms with van der Waals surface area (Å²) < 4.78 is 10.8. The first kappa shape index (κ1) is 18.1. The Morgan fingerprint density at radius 1 is 0.875 bits per heavy atom. The van der Waals surface area contributed by atoms with Crippen molar-refractivity contribution < 1.29 is 9.47 Å². The molecule has 0 radical (unpaired) electrons. The molecule has 1 aromatic carbocycles. The summed E-state index contributed by atoms with van der Waals surface area (Å²) in [6.45, 7) is 6.08. The number of nitrogens with one attached hydrogen (secondary N) is 2. The van der Waals surface area contributed by atoms with Gasteiger partial charge in [0.15, 0.2) is 11.5 Å². The van der Waals surface area contributed by atoms with Crippen molar-refractivity contribution in [3.8, 4) is 11.5 Å². The van der Waals surface area contributed by atoms with Crippen molar-refractivity contribution in [1.29, 1.82) is 0 Å². The second kappa shape index (κ2) is 9.15. The number of methoxy groups -OCH3 is 2. The number of fused-ring (bicyclic) bond motifs is 1. The first-order chi connectivity index (χ1) is 11.7. The number of benzene rings is 1. The van der Waals surface area contributed by atoms with Gasteiger partial charge in [0.05, 0.1) is 19.7 Å². The Balaban J connectivity index is 2.42. The first-order valence-corrected chi connectivity index (χ1v) is 8.65. The van der Waals surface area contributed by atoms with E-state index in [-0.39, 0.29) is 0 Å². The molecule has 6 nitrogen and oxygen atoms in total. The molecule has 1 heterocycles. The molecular weight excluding hydrogens is 304 g/mol. The van der Waals surface area contributed by atoms with Gasteiger partial charge in [0.25, 0.3) is 0 Å². The number of aromatic nitrogens is 2. The Morgan fingerprint density at radius 3 is 2.12 bits per heavy atom. The van der Waals surface area contributed by atoms with Crippen LogP contribution in [-0.4, -0.2) is 37.3 Å². The average molecular weight is 332 g/mol. The van der Waals surface area contributed by atoms with Crippen LogP contribution in [0.5, 0.6) is 11.5 Å². The molecular formula is C18H28N4O2. The fourth-order valence-electron chi connectivity index (χ4n) is 2.43. The van der Waals surface area contributed by atoms with E-state index < -0.39 is 0 Å². The van der Waals surface area contributed by atoms with Crippen LogP contribution in [0.3, 0.4) is 0 Å². The molecule has 0 saturated heterocycles. The standard InChI is InChI=1S/C18H28N4O2/c1-5-7-9-19-17-13-11-15(23-3)16(24-4)12-14(13)21-18(22-17)20-10-8-6-2/h11-12H,5-10H2,1-4H3,(H2,19,20,21,22). The van der Waals surface area contributed by atoms with Gasteiger partial charge in [0.2, 0.25) is 5.95 Å². The maximum atomic E-state index is 5.41. The molecule has 2 rings (SSSR count). The largest absolute Gasteiger partial charge is 0.493 e. The van der Waals surface area contributed by atoms with E-state index in [0.29, 0.717) is 17.4 Å². The zero-order valence-corrected chi connectivity index (χ0v) is 15.1. The number of ether oxygens (including phenoxy) is 2. The third-order valence-electron chi connectivity index (χ3n) is 3.84. The molecule has 0 atom stereocenters. The minimum atomic E-state index is 0.641. The smallest absolute Gasteiger partial charge is 0.225 e. The van der Waals surface area contributed by atoms with Gasteiger partial charge in [-0.15, -0.1) is 0 Å². The molecule has 24 heavy (non-hydrogen) atoms. The van der Waals surface area contributed by atoms with Gasteiger partial charge >= 0.3 is 0 Å². The predicted molar refractivity (Wildman–Crippen MR) is 99.4 cm³/mol. The van der Waals surface area contributed by atoms with E-state index in [1.54, 1.807) is 14.2 Å². The van der Waals surface area contributed by atoms with Gasteiger partial charge in [0.1, 0.15) is 5.82 Å². The molecule has 6 heteroatoms. The minimum absolute atomic E-state index is 0.641. The number of nitrogens with zero attached hydrogens (tertiary/aromatic N) is 2. The van der Waals surface area contributed by atoms with E-state index in [9.17, 15) is 0 Å². The third kappa shape index (κ3) is 4.40. The summed E-state index contributed by atoms with van der Waals surface area (Å²) in [6.07, 6.45) is 4.45. The van der Waals surface area contributed by atoms with Crippen LogP contribution in [0.4, 0.5) is 11.8 Å². The lowest BCUT2D eigenvalue weighted by atomic mass is 10.2. The SMILES string of the molecule is CCCCNc1nc(NCCCC)c2cc(OC)c(OC)cc2n1. The molecule has 0 saturated carbocycles. The van der Waals surface area contributed by atoms with Gasteiger partial charge in [-0.1, -0.05) is 26.7 Å². The van der Waals surface area contributed by atoms with Gasteiger partial charge in [0, 0.05) is 24.5 Å². The van der Waals surface area contributed by atoms with Crippen LogP contribution in [-0.2, 0) is 0 Å². The van der Waals surface area contributed by atoms with Gasteiger partial charge in [-0.05, 0) is 18.9 Å². The van der Waals surface area contributed by atoms with Gasteiger partial charge in [-0.25, -0.2) is 4.98 Å². The average Bonchev–Trinajstić information content (AvgIpc) is 2.61. The summed E-state index contributed by atoms with van der Waals surface area (Å²) in [5.41, 5.74) is 0.834. The highest BCUT2D eigenvalue weighted by molar-refractivity contribution is 5.92. The Bertz CT molecular complexity index is 661. The highest BCUT2D eigenvalue weighted by Gasteiger charge is 2.13. The van der Waals surface area contributed by atoms with Crippen LogP contribution in [0.2, 0.25) is 0 Å². The van der Waals surface area contributed by atoms with Crippen LogP contribution < -0.4 is 20.1 Å². The normalized spacial score (nSPS) is 10.7. The third-order valence-corrected chi connectivity index (χ3v) is 3.84. The number of anilines is 2. The molecule has 0 aliphatic heterocycles. The molecule has 2 aromatic rings. The van der Waals surface area contributed by atoms with Crippen molar-refractivity contribution in [2.24, 2.45) is 0 Å². The number of hydrogen-bond acceptors (Lipinski definition) is 6. The van der Waals surface area contributed by atoms with E-state index in [2.05, 4.69) is 34.4 Å². The molecule has 0 fully saturated rings. The predicted octanol–water partition coefficient (Wildman–Crippen LogP) is 4.07. The fourth-order valence-corrected chi connectivity index (χ4v) is 2.43. The van der Waals surface area contributed by atoms with Crippen LogP contribution in [0.15, 0.2) is 12.1 Å². The van der Waals surface area contributed by atoms with E-state index in [0.717, 1.165) is 55.5 Å². The van der Waals surface area contributed by atoms with Gasteiger partial charge in [-0.2, -0.15) is 4.98 Å². The van der Waals surface area contributed by atoms with Crippen molar-refractivity contribution in [1.82, 2.24) is 9.97 Å². The minimum Gasteiger partial charge on any atom is -0.493 e. The van der Waals surface area contributed by atoms with E-state index in [1.807, 2.05) is 12.1 Å². The lowest BCUT2D eigenvalue weighted by Crippen LogP contribution is -2.09. The number of hydrogen-bond donors (Lipinski definition) is 2. The van der Waals surface area contributed by atoms with Crippen LogP contribution in [0.25, 0.3) is 10.9 Å². The van der Waals surface area contributed by atoms with Crippen LogP contribution in [0.1, 0.15) is 39.5 Å². The quantitative estimate of drug-likeness (QED) is 0.639. The summed E-state index contributed by atoms with van der Waals surface area (Å²) in [6, 6.07) is 3.82. The maximum absolute atomic E-state index is 5.41. The monoisotopic (exact) mass is 332 g/mol. The molecule has 0 unspecified atom stereocenters. The Labute approximate surface area is 144 Å². The molecule has 2 N–H and O–H groups in total. The molecule has 0 aliphatic carbocycles. The lowest BCUT2D eigenvalue weighted by molar-refractivity contribution is 0.356. The molecule has 0 amide bonds. The fraction of sp³-hybridized carbons (Fsp3) is 0.556. The second-order valence-corrected chi connectivity index (χ2v) is 5.68. The Hall–Kier alpha value is -2.24. The maximum Gasteiger partial charge on any atom is 0.225 e. The van der Waals surface area contributed by atoms with E-state index >= 15 is 0 Å². The molecule has 0 spiro atoms. The molecule has 0 aliphatic rings. The van der Waals surface area contributed by atoms with Gasteiger partial charge in [-0.3, -0.25) is 0 Å². The summed E-state index contributed by atoms with van der Waals surface area (Å²) in [7, 11) is 3.26. The molecule has 0 bridgehead atoms. The number of unbranched alkanes of at least 4 members (excludes halogenated alkanes) is 2. The van der Waals surface area contributed by atoms with Crippen molar-refractivity contribution in [2.45, 2.75) is 39.5 Å². The van der Waals surface area contributed by atoms with E-state index in [1.165, 1.54) is 0 Å². The van der Waals surface area contributed by atoms with Gasteiger partial charge < -0.3 is 20.1 Å². The van der Waals surface area contributed by atoms with Crippen molar-refractivity contribution in [3.05, 3.63) is 12.1 Å². The van der Waals surface area contributed by atoms with Crippen LogP contribution in [0, 0.1) is 0 Å². The van der Waals surface area contributed by atoms with Crippen molar-refractivity contribution in [3.63, 3.8) is 0 Å². The molecule has 132 valence electrons. The van der Waals surface area contributed by atoms with E-state index in [4.69, 9.17) is 9.47 Å². The highest BCUT2D eigenvalue weighted by Crippen LogP contribution is 2.34. The topological polar surface area (TPSA) is 68.3 Å². The summed E-state index contributed by atoms with van der Waals surface area (Å²) in [4.78, 5) is 9.27. The zero-order chi connectivity index (χ0) is 17.4.